The molecule has 3 N–H and O–H groups in total. The summed E-state index contributed by atoms with van der Waals surface area (Å²) in [6.07, 6.45) is 3.19. The second-order valence-corrected chi connectivity index (χ2v) is 7.55. The number of rotatable bonds is 3. The Balaban J connectivity index is 1.73. The van der Waals surface area contributed by atoms with Crippen LogP contribution in [0, 0.1) is 0 Å². The Bertz CT molecular complexity index is 1270. The molecule has 5 rings (SSSR count). The number of amides is 1. The number of nitrogens with two attached hydrogens (primary N) is 1. The molecule has 0 radical (unpaired) electrons. The molecule has 0 aliphatic carbocycles. The Morgan fingerprint density at radius 2 is 2.17 bits per heavy atom. The molecule has 7 nitrogen and oxygen atoms in total. The van der Waals surface area contributed by atoms with Crippen LogP contribution in [0.4, 0.5) is 5.82 Å². The summed E-state index contributed by atoms with van der Waals surface area (Å²) in [6.45, 7) is 8.97. The van der Waals surface area contributed by atoms with Gasteiger partial charge in [0.05, 0.1) is 22.8 Å². The number of anilines is 1. The fraction of sp³-hybridized carbons (Fsp3) is 0.174. The molecule has 0 saturated heterocycles. The van der Waals surface area contributed by atoms with Crippen LogP contribution in [-0.4, -0.2) is 46.0 Å². The summed E-state index contributed by atoms with van der Waals surface area (Å²) in [5, 5.41) is 4.40. The number of nitrogens with zero attached hydrogens (tertiary/aromatic N) is 4. The van der Waals surface area contributed by atoms with E-state index in [4.69, 9.17) is 5.73 Å². The molecular formula is C23H22N6O. The van der Waals surface area contributed by atoms with Crippen molar-refractivity contribution in [3.63, 3.8) is 0 Å². The maximum Gasteiger partial charge on any atom is 0.246 e. The minimum atomic E-state index is -0.162. The largest absolute Gasteiger partial charge is 0.383 e. The van der Waals surface area contributed by atoms with Crippen LogP contribution >= 0.6 is 0 Å². The molecule has 1 atom stereocenters. The number of carbonyl (C=O) groups is 1. The summed E-state index contributed by atoms with van der Waals surface area (Å²) in [4.78, 5) is 23.0. The molecule has 0 bridgehead atoms. The summed E-state index contributed by atoms with van der Waals surface area (Å²) in [7, 11) is 1.78. The minimum absolute atomic E-state index is 0.135. The van der Waals surface area contributed by atoms with E-state index in [0.29, 0.717) is 19.0 Å². The molecule has 1 aromatic carbocycles. The van der Waals surface area contributed by atoms with Gasteiger partial charge >= 0.3 is 0 Å². The predicted molar refractivity (Wildman–Crippen MR) is 120 cm³/mol. The van der Waals surface area contributed by atoms with Crippen LogP contribution in [0.25, 0.3) is 27.6 Å². The normalized spacial score (nSPS) is 17.2. The first-order valence-electron chi connectivity index (χ1n) is 9.75. The number of carbonyl (C=O) groups excluding carboxylic acids is 1. The maximum absolute atomic E-state index is 12.3. The highest BCUT2D eigenvalue weighted by Crippen LogP contribution is 2.45. The fourth-order valence-electron chi connectivity index (χ4n) is 4.43. The van der Waals surface area contributed by atoms with Crippen molar-refractivity contribution in [2.75, 3.05) is 19.0 Å². The highest BCUT2D eigenvalue weighted by Gasteiger charge is 2.38. The third kappa shape index (κ3) is 2.48. The number of nitrogens with one attached hydrogen (secondary N) is 1. The molecule has 0 saturated carbocycles. The van der Waals surface area contributed by atoms with Crippen molar-refractivity contribution in [2.24, 2.45) is 10.7 Å². The van der Waals surface area contributed by atoms with E-state index in [2.05, 4.69) is 39.1 Å². The number of likely N-dealkylation sites (N-methyl/N-ethyl adjacent to an activating group) is 1. The first kappa shape index (κ1) is 18.2. The molecule has 0 spiro atoms. The lowest BCUT2D eigenvalue weighted by Gasteiger charge is -2.25. The number of para-hydroxylation sites is 1. The van der Waals surface area contributed by atoms with E-state index in [0.717, 1.165) is 44.7 Å². The standard InChI is InChI=1S/C23H22N6O/c1-4-18(30)28(3)17-11-29-21(13(17)2)19(20-22(24)26-12-27-23(20)29)15-9-14-7-5-6-8-16(14)25-10-15/h4-10,17,27H,1-2,11-12H2,3H3,(H2,24,26)/t17-/m0/s1. The molecule has 2 aliphatic rings. The Morgan fingerprint density at radius 3 is 2.97 bits per heavy atom. The third-order valence-corrected chi connectivity index (χ3v) is 5.95. The molecule has 7 heteroatoms. The van der Waals surface area contributed by atoms with Gasteiger partial charge in [0, 0.05) is 36.3 Å². The first-order chi connectivity index (χ1) is 14.5. The molecule has 30 heavy (non-hydrogen) atoms. The summed E-state index contributed by atoms with van der Waals surface area (Å²) in [6, 6.07) is 9.94. The summed E-state index contributed by atoms with van der Waals surface area (Å²) in [5.41, 5.74) is 11.8. The zero-order valence-electron chi connectivity index (χ0n) is 16.7. The van der Waals surface area contributed by atoms with E-state index in [9.17, 15) is 4.79 Å². The SMILES string of the molecule is C=CC(=O)N(C)[C@H]1Cn2c3c(c(-c4cnc5ccccc5c4)c2C1=C)C(N)=NCN3. The molecule has 2 aliphatic heterocycles. The lowest BCUT2D eigenvalue weighted by atomic mass is 9.95. The van der Waals surface area contributed by atoms with Crippen molar-refractivity contribution in [2.45, 2.75) is 12.6 Å². The van der Waals surface area contributed by atoms with E-state index in [1.165, 1.54) is 6.08 Å². The number of benzene rings is 1. The fourth-order valence-corrected chi connectivity index (χ4v) is 4.43. The number of hydrogen-bond acceptors (Lipinski definition) is 5. The van der Waals surface area contributed by atoms with Crippen molar-refractivity contribution in [1.29, 1.82) is 0 Å². The van der Waals surface area contributed by atoms with Gasteiger partial charge in [-0.15, -0.1) is 0 Å². The van der Waals surface area contributed by atoms with Gasteiger partial charge in [0.2, 0.25) is 5.91 Å². The monoisotopic (exact) mass is 398 g/mol. The Labute approximate surface area is 174 Å². The molecular weight excluding hydrogens is 376 g/mol. The number of hydrogen-bond donors (Lipinski definition) is 2. The molecule has 4 heterocycles. The molecule has 0 fully saturated rings. The molecule has 2 aromatic heterocycles. The Hall–Kier alpha value is -3.87. The van der Waals surface area contributed by atoms with E-state index in [-0.39, 0.29) is 11.9 Å². The average molecular weight is 398 g/mol. The number of aromatic nitrogens is 2. The highest BCUT2D eigenvalue weighted by molar-refractivity contribution is 6.12. The zero-order chi connectivity index (χ0) is 21.0. The quantitative estimate of drug-likeness (QED) is 0.664. The lowest BCUT2D eigenvalue weighted by Crippen LogP contribution is -2.36. The van der Waals surface area contributed by atoms with Crippen LogP contribution in [0.1, 0.15) is 11.3 Å². The number of pyridine rings is 1. The van der Waals surface area contributed by atoms with Gasteiger partial charge in [-0.1, -0.05) is 31.4 Å². The minimum Gasteiger partial charge on any atom is -0.383 e. The van der Waals surface area contributed by atoms with E-state index < -0.39 is 0 Å². The van der Waals surface area contributed by atoms with Gasteiger partial charge in [-0.25, -0.2) is 4.99 Å². The summed E-state index contributed by atoms with van der Waals surface area (Å²) in [5.74, 6) is 1.26. The number of fused-ring (bicyclic) bond motifs is 4. The van der Waals surface area contributed by atoms with Crippen LogP contribution in [0.5, 0.6) is 0 Å². The van der Waals surface area contributed by atoms with E-state index in [1.807, 2.05) is 30.5 Å². The van der Waals surface area contributed by atoms with E-state index >= 15 is 0 Å². The van der Waals surface area contributed by atoms with Crippen LogP contribution in [0.2, 0.25) is 0 Å². The predicted octanol–water partition coefficient (Wildman–Crippen LogP) is 2.83. The second-order valence-electron chi connectivity index (χ2n) is 7.55. The van der Waals surface area contributed by atoms with Crippen molar-refractivity contribution in [1.82, 2.24) is 14.5 Å². The molecule has 1 amide bonds. The molecule has 3 aromatic rings. The second kappa shape index (κ2) is 6.59. The van der Waals surface area contributed by atoms with Crippen LogP contribution in [0.3, 0.4) is 0 Å². The van der Waals surface area contributed by atoms with Crippen LogP contribution in [-0.2, 0) is 11.3 Å². The van der Waals surface area contributed by atoms with Gasteiger partial charge < -0.3 is 20.5 Å². The van der Waals surface area contributed by atoms with Crippen molar-refractivity contribution < 1.29 is 4.79 Å². The molecule has 0 unspecified atom stereocenters. The highest BCUT2D eigenvalue weighted by atomic mass is 16.2. The third-order valence-electron chi connectivity index (χ3n) is 5.95. The Kier molecular flexibility index (Phi) is 3.99. The average Bonchev–Trinajstić information content (AvgIpc) is 3.28. The molecule has 150 valence electrons. The van der Waals surface area contributed by atoms with Gasteiger partial charge in [-0.2, -0.15) is 0 Å². The number of aliphatic imine (C=N–C) groups is 1. The van der Waals surface area contributed by atoms with Gasteiger partial charge in [0.25, 0.3) is 0 Å². The van der Waals surface area contributed by atoms with Gasteiger partial charge in [-0.3, -0.25) is 9.78 Å². The maximum atomic E-state index is 12.3. The van der Waals surface area contributed by atoms with Crippen molar-refractivity contribution in [3.8, 4) is 11.1 Å². The van der Waals surface area contributed by atoms with Crippen molar-refractivity contribution in [3.05, 3.63) is 67.0 Å². The smallest absolute Gasteiger partial charge is 0.246 e. The van der Waals surface area contributed by atoms with Gasteiger partial charge in [-0.05, 0) is 23.8 Å². The lowest BCUT2D eigenvalue weighted by molar-refractivity contribution is -0.125. The van der Waals surface area contributed by atoms with Crippen LogP contribution < -0.4 is 11.1 Å². The summed E-state index contributed by atoms with van der Waals surface area (Å²) >= 11 is 0. The number of amidine groups is 1. The van der Waals surface area contributed by atoms with Crippen LogP contribution in [0.15, 0.2) is 60.8 Å². The van der Waals surface area contributed by atoms with Gasteiger partial charge in [0.1, 0.15) is 18.3 Å². The van der Waals surface area contributed by atoms with E-state index in [1.54, 1.807) is 11.9 Å². The first-order valence-corrected chi connectivity index (χ1v) is 9.75. The topological polar surface area (TPSA) is 88.5 Å². The van der Waals surface area contributed by atoms with Crippen molar-refractivity contribution >= 4 is 34.0 Å². The van der Waals surface area contributed by atoms with Gasteiger partial charge in [0.15, 0.2) is 0 Å². The Morgan fingerprint density at radius 1 is 1.37 bits per heavy atom. The zero-order valence-corrected chi connectivity index (χ0v) is 16.7. The summed E-state index contributed by atoms with van der Waals surface area (Å²) < 4.78 is 2.15.